The van der Waals surface area contributed by atoms with Gasteiger partial charge in [0.2, 0.25) is 11.8 Å². The number of aliphatic hydroxyl groups is 4. The number of benzene rings is 2. The molecule has 12 nitrogen and oxygen atoms in total. The van der Waals surface area contributed by atoms with E-state index in [0.29, 0.717) is 86.4 Å². The first-order valence-electron chi connectivity index (χ1n) is 22.6. The number of fused-ring (bicyclic) bond motifs is 2. The zero-order valence-corrected chi connectivity index (χ0v) is 36.4. The number of β-amino-alcohol motifs (C(OH)–C–C–N with tert-alkyl or cyclic N) is 2. The number of halogens is 6. The summed E-state index contributed by atoms with van der Waals surface area (Å²) >= 11 is 0. The molecule has 0 spiro atoms. The summed E-state index contributed by atoms with van der Waals surface area (Å²) in [6, 6.07) is 7.31. The summed E-state index contributed by atoms with van der Waals surface area (Å²) in [5, 5.41) is 49.6. The molecule has 2 amide bonds. The summed E-state index contributed by atoms with van der Waals surface area (Å²) in [5.41, 5.74) is -2.21. The standard InChI is InChI=1S/2C23H31F3N2O4/c2*1-14(29)22(7-4-18(11-22)27-17-5-8-32-9-6-17)21(31)28-12-15-10-16(23(24,25)26)2-3-19(15)20(30)13-28/h2*2-3,10,14,17-18,20,27,29-30H,4-9,11-13H2,1H3/t14-,18+,20?,22-;14-,18-,20?,22+/m01/s1. The highest BCUT2D eigenvalue weighted by Crippen LogP contribution is 2.47. The van der Waals surface area contributed by atoms with E-state index in [4.69, 9.17) is 9.47 Å². The molecule has 0 aromatic heterocycles. The molecule has 8 rings (SSSR count). The lowest BCUT2D eigenvalue weighted by Gasteiger charge is -2.40. The van der Waals surface area contributed by atoms with Gasteiger partial charge in [-0.15, -0.1) is 0 Å². The molecule has 4 heterocycles. The normalized spacial score (nSPS) is 30.2. The largest absolute Gasteiger partial charge is 0.416 e. The molecule has 18 heteroatoms. The van der Waals surface area contributed by atoms with Gasteiger partial charge in [-0.1, -0.05) is 12.1 Å². The number of aliphatic hydroxyl groups excluding tert-OH is 4. The monoisotopic (exact) mass is 912 g/mol. The highest BCUT2D eigenvalue weighted by atomic mass is 19.4. The Morgan fingerprint density at radius 3 is 1.31 bits per heavy atom. The Morgan fingerprint density at radius 2 is 0.984 bits per heavy atom. The van der Waals surface area contributed by atoms with Crippen LogP contribution in [0.4, 0.5) is 26.3 Å². The van der Waals surface area contributed by atoms with Crippen LogP contribution in [0.15, 0.2) is 36.4 Å². The summed E-state index contributed by atoms with van der Waals surface area (Å²) < 4.78 is 89.8. The van der Waals surface area contributed by atoms with Crippen LogP contribution in [0.5, 0.6) is 0 Å². The summed E-state index contributed by atoms with van der Waals surface area (Å²) in [4.78, 5) is 30.1. The van der Waals surface area contributed by atoms with Gasteiger partial charge in [-0.3, -0.25) is 9.59 Å². The Labute approximate surface area is 369 Å². The molecule has 2 aliphatic carbocycles. The Balaban J connectivity index is 0.000000191. The molecule has 2 saturated carbocycles. The van der Waals surface area contributed by atoms with Gasteiger partial charge in [0.05, 0.1) is 59.5 Å². The second kappa shape index (κ2) is 19.5. The Morgan fingerprint density at radius 1 is 0.625 bits per heavy atom. The number of alkyl halides is 6. The van der Waals surface area contributed by atoms with Crippen LogP contribution in [-0.2, 0) is 44.5 Å². The van der Waals surface area contributed by atoms with Crippen molar-refractivity contribution in [2.24, 2.45) is 10.8 Å². The van der Waals surface area contributed by atoms with E-state index >= 15 is 0 Å². The number of nitrogens with zero attached hydrogens (tertiary/aromatic N) is 2. The van der Waals surface area contributed by atoms with Gasteiger partial charge in [0, 0.05) is 63.7 Å². The zero-order chi connectivity index (χ0) is 46.2. The van der Waals surface area contributed by atoms with Gasteiger partial charge >= 0.3 is 12.4 Å². The molecule has 0 radical (unpaired) electrons. The van der Waals surface area contributed by atoms with Crippen molar-refractivity contribution < 1.29 is 65.8 Å². The number of hydrogen-bond acceptors (Lipinski definition) is 10. The maximum Gasteiger partial charge on any atom is 0.416 e. The average Bonchev–Trinajstić information content (AvgIpc) is 3.89. The maximum absolute atomic E-state index is 13.6. The van der Waals surface area contributed by atoms with E-state index in [1.165, 1.54) is 21.9 Å². The third-order valence-corrected chi connectivity index (χ3v) is 14.7. The SMILES string of the molecule is C[C@@H](O)[C@]1(C(=O)N2Cc3cc(C(F)(F)F)ccc3C(O)C2)CC[C@@H](NC2CCOCC2)C1.C[C@H](O)[C@]1(C(=O)N2Cc3cc(C(F)(F)F)ccc3C(O)C2)CC[C@@H](NC2CCOCC2)C1. The molecule has 4 aliphatic heterocycles. The summed E-state index contributed by atoms with van der Waals surface area (Å²) in [7, 11) is 0. The van der Waals surface area contributed by atoms with Gasteiger partial charge < -0.3 is 50.3 Å². The van der Waals surface area contributed by atoms with Crippen molar-refractivity contribution in [2.75, 3.05) is 39.5 Å². The molecule has 0 bridgehead atoms. The number of hydrogen-bond donors (Lipinski definition) is 6. The third kappa shape index (κ3) is 10.4. The first-order valence-corrected chi connectivity index (χ1v) is 22.6. The summed E-state index contributed by atoms with van der Waals surface area (Å²) in [6.07, 6.45) is -5.93. The van der Waals surface area contributed by atoms with Crippen molar-refractivity contribution in [3.05, 3.63) is 69.8 Å². The van der Waals surface area contributed by atoms with E-state index in [2.05, 4.69) is 10.6 Å². The van der Waals surface area contributed by atoms with Gasteiger partial charge in [0.1, 0.15) is 0 Å². The predicted molar refractivity (Wildman–Crippen MR) is 221 cm³/mol. The first kappa shape index (κ1) is 48.6. The topological polar surface area (TPSA) is 164 Å². The molecule has 64 heavy (non-hydrogen) atoms. The Hall–Kier alpha value is -3.36. The van der Waals surface area contributed by atoms with Crippen molar-refractivity contribution >= 4 is 11.8 Å². The van der Waals surface area contributed by atoms with Crippen molar-refractivity contribution in [3.63, 3.8) is 0 Å². The molecule has 2 aromatic rings. The average molecular weight is 913 g/mol. The molecule has 2 saturated heterocycles. The zero-order valence-electron chi connectivity index (χ0n) is 36.4. The third-order valence-electron chi connectivity index (χ3n) is 14.7. The fourth-order valence-corrected chi connectivity index (χ4v) is 10.9. The van der Waals surface area contributed by atoms with Crippen LogP contribution >= 0.6 is 0 Å². The van der Waals surface area contributed by atoms with Crippen LogP contribution < -0.4 is 10.6 Å². The number of ether oxygens (including phenoxy) is 2. The van der Waals surface area contributed by atoms with E-state index in [1.807, 2.05) is 0 Å². The van der Waals surface area contributed by atoms with Crippen molar-refractivity contribution in [3.8, 4) is 0 Å². The number of nitrogens with one attached hydrogen (secondary N) is 2. The molecular formula is C46H62F6N4O8. The number of carbonyl (C=O) groups is 2. The Bertz CT molecular complexity index is 1820. The van der Waals surface area contributed by atoms with Crippen LogP contribution in [0, 0.1) is 10.8 Å². The molecule has 6 N–H and O–H groups in total. The maximum atomic E-state index is 13.6. The summed E-state index contributed by atoms with van der Waals surface area (Å²) in [6.45, 7) is 6.00. The van der Waals surface area contributed by atoms with Gasteiger partial charge in [-0.25, -0.2) is 0 Å². The predicted octanol–water partition coefficient (Wildman–Crippen LogP) is 5.54. The quantitative estimate of drug-likeness (QED) is 0.186. The van der Waals surface area contributed by atoms with Crippen molar-refractivity contribution in [1.82, 2.24) is 20.4 Å². The van der Waals surface area contributed by atoms with E-state index < -0.39 is 58.7 Å². The number of carbonyl (C=O) groups excluding carboxylic acids is 2. The van der Waals surface area contributed by atoms with Crippen molar-refractivity contribution in [2.45, 2.75) is 152 Å². The minimum Gasteiger partial charge on any atom is -0.392 e. The lowest BCUT2D eigenvalue weighted by atomic mass is 9.78. The van der Waals surface area contributed by atoms with Gasteiger partial charge in [0.15, 0.2) is 0 Å². The van der Waals surface area contributed by atoms with Gasteiger partial charge in [0.25, 0.3) is 0 Å². The van der Waals surface area contributed by atoms with Crippen LogP contribution in [0.3, 0.4) is 0 Å². The molecule has 4 fully saturated rings. The van der Waals surface area contributed by atoms with E-state index in [0.717, 1.165) is 62.8 Å². The van der Waals surface area contributed by atoms with Crippen molar-refractivity contribution in [1.29, 1.82) is 0 Å². The van der Waals surface area contributed by atoms with E-state index in [-0.39, 0.29) is 50.1 Å². The Kier molecular flexibility index (Phi) is 14.8. The minimum atomic E-state index is -4.50. The molecule has 356 valence electrons. The highest BCUT2D eigenvalue weighted by Gasteiger charge is 2.53. The highest BCUT2D eigenvalue weighted by molar-refractivity contribution is 5.85. The molecule has 2 aromatic carbocycles. The molecule has 8 atom stereocenters. The number of amides is 2. The first-order chi connectivity index (χ1) is 30.2. The van der Waals surface area contributed by atoms with Crippen LogP contribution in [0.1, 0.15) is 124 Å². The van der Waals surface area contributed by atoms with Crippen LogP contribution in [0.2, 0.25) is 0 Å². The fourth-order valence-electron chi connectivity index (χ4n) is 10.9. The van der Waals surface area contributed by atoms with E-state index in [9.17, 15) is 56.4 Å². The second-order valence-electron chi connectivity index (χ2n) is 18.9. The van der Waals surface area contributed by atoms with E-state index in [1.54, 1.807) is 13.8 Å². The fraction of sp³-hybridized carbons (Fsp3) is 0.696. The molecule has 2 unspecified atom stereocenters. The minimum absolute atomic E-state index is 0.00370. The van der Waals surface area contributed by atoms with Gasteiger partial charge in [-0.05, 0) is 125 Å². The second-order valence-corrected chi connectivity index (χ2v) is 18.9. The van der Waals surface area contributed by atoms with Crippen LogP contribution in [0.25, 0.3) is 0 Å². The summed E-state index contributed by atoms with van der Waals surface area (Å²) in [5.74, 6) is -0.600. The lowest BCUT2D eigenvalue weighted by Crippen LogP contribution is -2.51. The van der Waals surface area contributed by atoms with Gasteiger partial charge in [-0.2, -0.15) is 26.3 Å². The van der Waals surface area contributed by atoms with Crippen LogP contribution in [-0.4, -0.2) is 118 Å². The molecule has 6 aliphatic rings. The molecular weight excluding hydrogens is 851 g/mol. The smallest absolute Gasteiger partial charge is 0.392 e. The number of rotatable bonds is 8. The lowest BCUT2D eigenvalue weighted by molar-refractivity contribution is -0.152.